The van der Waals surface area contributed by atoms with E-state index in [4.69, 9.17) is 16.6 Å². The third-order valence-electron chi connectivity index (χ3n) is 3.20. The summed E-state index contributed by atoms with van der Waals surface area (Å²) in [5.41, 5.74) is 0. The zero-order chi connectivity index (χ0) is 14.7. The second kappa shape index (κ2) is 6.10. The first-order valence-corrected chi connectivity index (χ1v) is 10.2. The summed E-state index contributed by atoms with van der Waals surface area (Å²) in [6.07, 6.45) is -0.179. The Morgan fingerprint density at radius 1 is 0.952 bits per heavy atom. The summed E-state index contributed by atoms with van der Waals surface area (Å²) in [6, 6.07) is 20.5. The molecule has 0 spiro atoms. The molecule has 3 aromatic rings. The standard InChI is InChI=1S/C16H15N2PS2/c1-18-12-13-21-16(18)17-19(20,14-8-4-2-5-9-14)15-10-6-3-7-11-15/h2-13H,1H3/b17-16-. The lowest BCUT2D eigenvalue weighted by molar-refractivity contribution is 0.881. The summed E-state index contributed by atoms with van der Waals surface area (Å²) < 4.78 is 7.02. The molecule has 0 radical (unpaired) electrons. The lowest BCUT2D eigenvalue weighted by Gasteiger charge is -2.18. The summed E-state index contributed by atoms with van der Waals surface area (Å²) in [7, 11) is 2.00. The van der Waals surface area contributed by atoms with Crippen LogP contribution in [0.4, 0.5) is 0 Å². The van der Waals surface area contributed by atoms with Gasteiger partial charge >= 0.3 is 0 Å². The number of hydrogen-bond acceptors (Lipinski definition) is 2. The molecule has 0 amide bonds. The van der Waals surface area contributed by atoms with Gasteiger partial charge < -0.3 is 4.57 Å². The topological polar surface area (TPSA) is 17.3 Å². The third-order valence-corrected chi connectivity index (χ3v) is 8.16. The molecule has 1 heterocycles. The molecular formula is C16H15N2PS2. The fourth-order valence-electron chi connectivity index (χ4n) is 2.07. The SMILES string of the molecule is Cn1ccs/c1=N\P(=S)(c1ccccc1)c1ccccc1. The molecule has 0 aliphatic carbocycles. The molecular weight excluding hydrogens is 315 g/mol. The number of nitrogens with zero attached hydrogens (tertiary/aromatic N) is 2. The first-order valence-electron chi connectivity index (χ1n) is 6.58. The van der Waals surface area contributed by atoms with Crippen molar-refractivity contribution in [1.29, 1.82) is 0 Å². The van der Waals surface area contributed by atoms with Crippen molar-refractivity contribution in [3.05, 3.63) is 77.0 Å². The van der Waals surface area contributed by atoms with Crippen LogP contribution >= 0.6 is 17.5 Å². The molecule has 0 bridgehead atoms. The van der Waals surface area contributed by atoms with Crippen LogP contribution in [0, 0.1) is 0 Å². The van der Waals surface area contributed by atoms with E-state index in [0.717, 1.165) is 15.4 Å². The van der Waals surface area contributed by atoms with Crippen LogP contribution in [0.1, 0.15) is 0 Å². The highest BCUT2D eigenvalue weighted by Crippen LogP contribution is 2.44. The normalized spacial score (nSPS) is 12.5. The van der Waals surface area contributed by atoms with Crippen LogP contribution in [-0.4, -0.2) is 4.57 Å². The van der Waals surface area contributed by atoms with Crippen LogP contribution in [-0.2, 0) is 18.9 Å². The Morgan fingerprint density at radius 2 is 1.48 bits per heavy atom. The Morgan fingerprint density at radius 3 is 1.90 bits per heavy atom. The van der Waals surface area contributed by atoms with Gasteiger partial charge in [-0.15, -0.1) is 11.3 Å². The summed E-state index contributed by atoms with van der Waals surface area (Å²) in [6.45, 7) is 0. The van der Waals surface area contributed by atoms with E-state index >= 15 is 0 Å². The molecule has 1 aromatic heterocycles. The predicted octanol–water partition coefficient (Wildman–Crippen LogP) is 3.03. The number of rotatable bonds is 3. The van der Waals surface area contributed by atoms with Crippen molar-refractivity contribution in [3.63, 3.8) is 0 Å². The van der Waals surface area contributed by atoms with Gasteiger partial charge in [-0.25, -0.2) is 4.76 Å². The number of hydrogen-bond donors (Lipinski definition) is 0. The molecule has 106 valence electrons. The van der Waals surface area contributed by atoms with Crippen LogP contribution in [0.15, 0.2) is 77.0 Å². The molecule has 0 aliphatic rings. The average molecular weight is 330 g/mol. The van der Waals surface area contributed by atoms with Gasteiger partial charge in [0.25, 0.3) is 0 Å². The molecule has 0 atom stereocenters. The van der Waals surface area contributed by atoms with E-state index in [1.807, 2.05) is 59.6 Å². The maximum atomic E-state index is 6.08. The second-order valence-electron chi connectivity index (χ2n) is 4.64. The minimum Gasteiger partial charge on any atom is -0.327 e. The van der Waals surface area contributed by atoms with Crippen LogP contribution < -0.4 is 15.4 Å². The maximum absolute atomic E-state index is 6.08. The Balaban J connectivity index is 2.27. The summed E-state index contributed by atoms with van der Waals surface area (Å²) >= 11 is 7.70. The van der Waals surface area contributed by atoms with Gasteiger partial charge in [-0.3, -0.25) is 0 Å². The van der Waals surface area contributed by atoms with Crippen molar-refractivity contribution in [3.8, 4) is 0 Å². The fourth-order valence-corrected chi connectivity index (χ4v) is 6.40. The lowest BCUT2D eigenvalue weighted by atomic mass is 10.4. The Kier molecular flexibility index (Phi) is 4.20. The van der Waals surface area contributed by atoms with Crippen LogP contribution in [0.2, 0.25) is 0 Å². The van der Waals surface area contributed by atoms with Crippen molar-refractivity contribution in [1.82, 2.24) is 4.57 Å². The van der Waals surface area contributed by atoms with Crippen molar-refractivity contribution in [2.75, 3.05) is 0 Å². The zero-order valence-electron chi connectivity index (χ0n) is 11.6. The minimum absolute atomic E-state index is 0.964. The monoisotopic (exact) mass is 330 g/mol. The van der Waals surface area contributed by atoms with E-state index in [-0.39, 0.29) is 0 Å². The fraction of sp³-hybridized carbons (Fsp3) is 0.0625. The highest BCUT2D eigenvalue weighted by atomic mass is 32.4. The van der Waals surface area contributed by atoms with Gasteiger partial charge in [0.2, 0.25) is 0 Å². The van der Waals surface area contributed by atoms with Crippen LogP contribution in [0.5, 0.6) is 0 Å². The smallest absolute Gasteiger partial charge is 0.189 e. The minimum atomic E-state index is -2.19. The van der Waals surface area contributed by atoms with Gasteiger partial charge in [0.1, 0.15) is 6.19 Å². The molecule has 0 N–H and O–H groups in total. The molecule has 5 heteroatoms. The molecule has 2 aromatic carbocycles. The first-order chi connectivity index (χ1) is 10.2. The summed E-state index contributed by atoms with van der Waals surface area (Å²) in [5.74, 6) is 0. The quantitative estimate of drug-likeness (QED) is 0.675. The number of benzene rings is 2. The Bertz CT molecular complexity index is 792. The van der Waals surface area contributed by atoms with E-state index in [9.17, 15) is 0 Å². The van der Waals surface area contributed by atoms with Crippen LogP contribution in [0.3, 0.4) is 0 Å². The Labute approximate surface area is 133 Å². The van der Waals surface area contributed by atoms with Gasteiger partial charge in [-0.2, -0.15) is 0 Å². The second-order valence-corrected chi connectivity index (χ2v) is 9.49. The van der Waals surface area contributed by atoms with E-state index in [1.165, 1.54) is 0 Å². The number of aromatic nitrogens is 1. The van der Waals surface area contributed by atoms with Gasteiger partial charge in [0.15, 0.2) is 4.80 Å². The van der Waals surface area contributed by atoms with Crippen molar-refractivity contribution in [2.45, 2.75) is 0 Å². The van der Waals surface area contributed by atoms with E-state index in [0.29, 0.717) is 0 Å². The number of aryl methyl sites for hydroxylation is 1. The molecule has 0 unspecified atom stereocenters. The lowest BCUT2D eigenvalue weighted by Crippen LogP contribution is -2.18. The first kappa shape index (κ1) is 14.5. The van der Waals surface area contributed by atoms with Gasteiger partial charge in [0.05, 0.1) is 0 Å². The average Bonchev–Trinajstić information content (AvgIpc) is 2.94. The molecule has 21 heavy (non-hydrogen) atoms. The summed E-state index contributed by atoms with van der Waals surface area (Å²) in [5, 5.41) is 4.29. The Hall–Kier alpha value is -1.48. The van der Waals surface area contributed by atoms with Gasteiger partial charge in [-0.05, 0) is 0 Å². The van der Waals surface area contributed by atoms with E-state index in [1.54, 1.807) is 11.3 Å². The van der Waals surface area contributed by atoms with Crippen molar-refractivity contribution >= 4 is 39.9 Å². The molecule has 0 aliphatic heterocycles. The molecule has 0 fully saturated rings. The molecule has 3 rings (SSSR count). The molecule has 0 saturated carbocycles. The van der Waals surface area contributed by atoms with E-state index < -0.39 is 6.19 Å². The predicted molar refractivity (Wildman–Crippen MR) is 95.3 cm³/mol. The largest absolute Gasteiger partial charge is 0.327 e. The third kappa shape index (κ3) is 2.93. The van der Waals surface area contributed by atoms with Crippen LogP contribution in [0.25, 0.3) is 0 Å². The van der Waals surface area contributed by atoms with Crippen molar-refractivity contribution < 1.29 is 0 Å². The van der Waals surface area contributed by atoms with Crippen molar-refractivity contribution in [2.24, 2.45) is 11.8 Å². The highest BCUT2D eigenvalue weighted by Gasteiger charge is 2.21. The molecule has 2 nitrogen and oxygen atoms in total. The zero-order valence-corrected chi connectivity index (χ0v) is 14.1. The van der Waals surface area contributed by atoms with Gasteiger partial charge in [0, 0.05) is 29.2 Å². The number of thiazole rings is 1. The van der Waals surface area contributed by atoms with Gasteiger partial charge in [-0.1, -0.05) is 72.5 Å². The van der Waals surface area contributed by atoms with E-state index in [2.05, 4.69) is 24.3 Å². The summed E-state index contributed by atoms with van der Waals surface area (Å²) in [4.78, 5) is 0.964. The maximum Gasteiger partial charge on any atom is 0.189 e. The molecule has 0 saturated heterocycles. The highest BCUT2D eigenvalue weighted by molar-refractivity contribution is 8.21.